The molecule has 2 N–H and O–H groups in total. The maximum Gasteiger partial charge on any atom is 0.229 e. The van der Waals surface area contributed by atoms with E-state index in [0.29, 0.717) is 6.54 Å². The minimum atomic E-state index is -0.289. The number of rotatable bonds is 4. The van der Waals surface area contributed by atoms with Crippen LogP contribution in [0, 0.1) is 5.41 Å². The van der Waals surface area contributed by atoms with Crippen molar-refractivity contribution in [1.29, 1.82) is 0 Å². The molecule has 2 amide bonds. The molecular weight excluding hydrogens is 216 g/mol. The quantitative estimate of drug-likeness (QED) is 0.739. The van der Waals surface area contributed by atoms with Crippen molar-refractivity contribution in [3.63, 3.8) is 0 Å². The first-order valence-corrected chi connectivity index (χ1v) is 6.07. The summed E-state index contributed by atoms with van der Waals surface area (Å²) in [6.07, 6.45) is 0.807. The van der Waals surface area contributed by atoms with Gasteiger partial charge in [0.25, 0.3) is 0 Å². The smallest absolute Gasteiger partial charge is 0.229 e. The molecule has 0 aromatic carbocycles. The van der Waals surface area contributed by atoms with Crippen LogP contribution in [0.2, 0.25) is 0 Å². The van der Waals surface area contributed by atoms with Crippen molar-refractivity contribution in [2.45, 2.75) is 59.9 Å². The van der Waals surface area contributed by atoms with Crippen LogP contribution >= 0.6 is 0 Å². The molecule has 0 aromatic rings. The van der Waals surface area contributed by atoms with Crippen molar-refractivity contribution in [3.05, 3.63) is 0 Å². The lowest BCUT2D eigenvalue weighted by atomic mass is 9.92. The highest BCUT2D eigenvalue weighted by Gasteiger charge is 2.17. The Morgan fingerprint density at radius 2 is 1.47 bits per heavy atom. The lowest BCUT2D eigenvalue weighted by Crippen LogP contribution is -2.42. The van der Waals surface area contributed by atoms with E-state index in [-0.39, 0.29) is 29.2 Å². The Kier molecular flexibility index (Phi) is 5.66. The third kappa shape index (κ3) is 11.2. The van der Waals surface area contributed by atoms with Crippen molar-refractivity contribution in [2.24, 2.45) is 5.41 Å². The normalized spacial score (nSPS) is 12.1. The first kappa shape index (κ1) is 15.9. The van der Waals surface area contributed by atoms with E-state index < -0.39 is 0 Å². The minimum absolute atomic E-state index is 0.0958. The summed E-state index contributed by atoms with van der Waals surface area (Å²) in [7, 11) is 0. The van der Waals surface area contributed by atoms with Gasteiger partial charge in [0, 0.05) is 12.1 Å². The van der Waals surface area contributed by atoms with Gasteiger partial charge in [-0.2, -0.15) is 0 Å². The summed E-state index contributed by atoms with van der Waals surface area (Å²) in [5, 5.41) is 5.51. The molecular formula is C13H26N2O2. The number of carbonyl (C=O) groups excluding carboxylic acids is 2. The number of nitrogens with one attached hydrogen (secondary N) is 2. The van der Waals surface area contributed by atoms with Gasteiger partial charge in [0.1, 0.15) is 6.42 Å². The maximum atomic E-state index is 11.5. The van der Waals surface area contributed by atoms with Gasteiger partial charge in [-0.3, -0.25) is 9.59 Å². The zero-order chi connectivity index (χ0) is 13.7. The van der Waals surface area contributed by atoms with Gasteiger partial charge in [-0.15, -0.1) is 0 Å². The van der Waals surface area contributed by atoms with E-state index in [9.17, 15) is 9.59 Å². The third-order valence-corrected chi connectivity index (χ3v) is 2.03. The summed E-state index contributed by atoms with van der Waals surface area (Å²) >= 11 is 0. The molecule has 0 unspecified atom stereocenters. The summed E-state index contributed by atoms with van der Waals surface area (Å²) in [5.41, 5.74) is -0.0935. The lowest BCUT2D eigenvalue weighted by Gasteiger charge is -2.20. The Bertz CT molecular complexity index is 272. The molecule has 0 saturated heterocycles. The standard InChI is InChI=1S/C13H26N2O2/c1-12(2,3)7-8-14-10(16)9-11(17)15-13(4,5)6/h7-9H2,1-6H3,(H,14,16)(H,15,17). The molecule has 0 spiro atoms. The SMILES string of the molecule is CC(C)(C)CCNC(=O)CC(=O)NC(C)(C)C. The topological polar surface area (TPSA) is 58.2 Å². The lowest BCUT2D eigenvalue weighted by molar-refractivity contribution is -0.130. The van der Waals surface area contributed by atoms with E-state index in [0.717, 1.165) is 6.42 Å². The number of carbonyl (C=O) groups is 2. The second-order valence-corrected chi connectivity index (χ2v) is 6.64. The zero-order valence-electron chi connectivity index (χ0n) is 11.9. The van der Waals surface area contributed by atoms with E-state index in [1.165, 1.54) is 0 Å². The van der Waals surface area contributed by atoms with Gasteiger partial charge in [-0.25, -0.2) is 0 Å². The van der Waals surface area contributed by atoms with E-state index in [2.05, 4.69) is 31.4 Å². The Hall–Kier alpha value is -1.06. The highest BCUT2D eigenvalue weighted by atomic mass is 16.2. The number of amides is 2. The average Bonchev–Trinajstić information content (AvgIpc) is 1.96. The van der Waals surface area contributed by atoms with Gasteiger partial charge in [0.05, 0.1) is 0 Å². The molecule has 17 heavy (non-hydrogen) atoms. The van der Waals surface area contributed by atoms with Crippen LogP contribution in [0.5, 0.6) is 0 Å². The van der Waals surface area contributed by atoms with Gasteiger partial charge < -0.3 is 10.6 Å². The summed E-state index contributed by atoms with van der Waals surface area (Å²) in [4.78, 5) is 22.9. The van der Waals surface area contributed by atoms with Gasteiger partial charge in [-0.1, -0.05) is 20.8 Å². The number of hydrogen-bond acceptors (Lipinski definition) is 2. The van der Waals surface area contributed by atoms with E-state index in [1.807, 2.05) is 20.8 Å². The minimum Gasteiger partial charge on any atom is -0.356 e. The molecule has 0 aliphatic rings. The summed E-state index contributed by atoms with van der Waals surface area (Å²) in [6, 6.07) is 0. The van der Waals surface area contributed by atoms with Crippen LogP contribution in [-0.2, 0) is 9.59 Å². The molecule has 0 radical (unpaired) electrons. The van der Waals surface area contributed by atoms with Crippen LogP contribution in [0.25, 0.3) is 0 Å². The first-order valence-electron chi connectivity index (χ1n) is 6.07. The van der Waals surface area contributed by atoms with Crippen LogP contribution in [0.15, 0.2) is 0 Å². The highest BCUT2D eigenvalue weighted by Crippen LogP contribution is 2.16. The van der Waals surface area contributed by atoms with E-state index >= 15 is 0 Å². The Morgan fingerprint density at radius 1 is 0.941 bits per heavy atom. The molecule has 0 saturated carbocycles. The maximum absolute atomic E-state index is 11.5. The van der Waals surface area contributed by atoms with Gasteiger partial charge in [0.15, 0.2) is 0 Å². The summed E-state index contributed by atoms with van der Waals surface area (Å²) < 4.78 is 0. The van der Waals surface area contributed by atoms with Crippen molar-refractivity contribution >= 4 is 11.8 Å². The molecule has 100 valence electrons. The van der Waals surface area contributed by atoms with E-state index in [1.54, 1.807) is 0 Å². The van der Waals surface area contributed by atoms with Gasteiger partial charge in [-0.05, 0) is 32.6 Å². The Balaban J connectivity index is 3.84. The van der Waals surface area contributed by atoms with Crippen LogP contribution in [0.1, 0.15) is 54.4 Å². The molecule has 0 bridgehead atoms. The Labute approximate surface area is 105 Å². The zero-order valence-corrected chi connectivity index (χ0v) is 11.9. The van der Waals surface area contributed by atoms with Crippen molar-refractivity contribution in [2.75, 3.05) is 6.54 Å². The molecule has 0 rings (SSSR count). The fourth-order valence-corrected chi connectivity index (χ4v) is 1.25. The molecule has 0 aliphatic carbocycles. The van der Waals surface area contributed by atoms with E-state index in [4.69, 9.17) is 0 Å². The summed E-state index contributed by atoms with van der Waals surface area (Å²) in [5.74, 6) is -0.443. The fraction of sp³-hybridized carbons (Fsp3) is 0.846. The molecule has 4 heteroatoms. The molecule has 4 nitrogen and oxygen atoms in total. The van der Waals surface area contributed by atoms with Gasteiger partial charge in [0.2, 0.25) is 11.8 Å². The first-order chi connectivity index (χ1) is 7.49. The van der Waals surface area contributed by atoms with Crippen LogP contribution in [0.3, 0.4) is 0 Å². The average molecular weight is 242 g/mol. The predicted molar refractivity (Wildman–Crippen MR) is 69.6 cm³/mol. The third-order valence-electron chi connectivity index (χ3n) is 2.03. The second-order valence-electron chi connectivity index (χ2n) is 6.64. The molecule has 0 aromatic heterocycles. The molecule has 0 heterocycles. The predicted octanol–water partition coefficient (Wildman–Crippen LogP) is 1.84. The molecule has 0 atom stereocenters. The number of hydrogen-bond donors (Lipinski definition) is 2. The highest BCUT2D eigenvalue weighted by molar-refractivity contribution is 5.97. The van der Waals surface area contributed by atoms with Crippen molar-refractivity contribution in [1.82, 2.24) is 10.6 Å². The van der Waals surface area contributed by atoms with Crippen LogP contribution in [-0.4, -0.2) is 23.9 Å². The Morgan fingerprint density at radius 3 is 1.88 bits per heavy atom. The fourth-order valence-electron chi connectivity index (χ4n) is 1.25. The summed E-state index contributed by atoms with van der Waals surface area (Å²) in [6.45, 7) is 12.6. The van der Waals surface area contributed by atoms with Crippen molar-refractivity contribution in [3.8, 4) is 0 Å². The monoisotopic (exact) mass is 242 g/mol. The van der Waals surface area contributed by atoms with Gasteiger partial charge >= 0.3 is 0 Å². The van der Waals surface area contributed by atoms with Crippen LogP contribution in [0.4, 0.5) is 0 Å². The molecule has 0 aliphatic heterocycles. The molecule has 0 fully saturated rings. The largest absolute Gasteiger partial charge is 0.356 e. The van der Waals surface area contributed by atoms with Crippen molar-refractivity contribution < 1.29 is 9.59 Å². The van der Waals surface area contributed by atoms with Crippen LogP contribution < -0.4 is 10.6 Å². The second kappa shape index (κ2) is 6.03.